The lowest BCUT2D eigenvalue weighted by Gasteiger charge is -2.40. The fourth-order valence-electron chi connectivity index (χ4n) is 3.34. The monoisotopic (exact) mass is 378 g/mol. The van der Waals surface area contributed by atoms with E-state index in [-0.39, 0.29) is 17.1 Å². The largest absolute Gasteiger partial charge is 0.481 e. The maximum absolute atomic E-state index is 12.6. The molecule has 26 heavy (non-hydrogen) atoms. The first-order valence-electron chi connectivity index (χ1n) is 8.80. The molecule has 1 saturated carbocycles. The highest BCUT2D eigenvalue weighted by molar-refractivity contribution is 8.00. The molecule has 142 valence electrons. The van der Waals surface area contributed by atoms with Crippen molar-refractivity contribution >= 4 is 35.2 Å². The third-order valence-electron chi connectivity index (χ3n) is 4.77. The van der Waals surface area contributed by atoms with E-state index >= 15 is 0 Å². The van der Waals surface area contributed by atoms with Gasteiger partial charge in [0.2, 0.25) is 11.8 Å². The molecule has 0 heterocycles. The van der Waals surface area contributed by atoms with Gasteiger partial charge in [0, 0.05) is 17.5 Å². The van der Waals surface area contributed by atoms with E-state index < -0.39 is 17.4 Å². The number of benzene rings is 1. The zero-order chi connectivity index (χ0) is 19.3. The number of rotatable bonds is 6. The van der Waals surface area contributed by atoms with Crippen LogP contribution in [0.25, 0.3) is 0 Å². The number of carboxylic acids is 1. The Hall–Kier alpha value is -2.02. The minimum absolute atomic E-state index is 0.133. The van der Waals surface area contributed by atoms with Crippen molar-refractivity contribution in [2.45, 2.75) is 62.1 Å². The van der Waals surface area contributed by atoms with Crippen molar-refractivity contribution in [1.29, 1.82) is 0 Å². The highest BCUT2D eigenvalue weighted by Gasteiger charge is 2.42. The Balaban J connectivity index is 1.98. The van der Waals surface area contributed by atoms with Crippen molar-refractivity contribution in [1.82, 2.24) is 5.32 Å². The highest BCUT2D eigenvalue weighted by atomic mass is 32.2. The molecule has 0 aliphatic heterocycles. The van der Waals surface area contributed by atoms with E-state index in [9.17, 15) is 19.5 Å². The number of thioether (sulfide) groups is 1. The zero-order valence-corrected chi connectivity index (χ0v) is 16.2. The molecule has 1 aliphatic rings. The standard InChI is InChI=1S/C19H26N2O4S/c1-12(26-15-9-7-14(8-10-15)20-13(2)22)17(23)21-19(3)11-5-4-6-16(19)18(24)25/h7-10,12,16H,4-6,11H2,1-3H3,(H,20,22)(H,21,23)(H,24,25). The van der Waals surface area contributed by atoms with Crippen LogP contribution in [0.5, 0.6) is 0 Å². The van der Waals surface area contributed by atoms with Gasteiger partial charge in [-0.2, -0.15) is 0 Å². The van der Waals surface area contributed by atoms with E-state index in [1.54, 1.807) is 12.1 Å². The van der Waals surface area contributed by atoms with Crippen molar-refractivity contribution in [3.05, 3.63) is 24.3 Å². The molecule has 1 aromatic carbocycles. The van der Waals surface area contributed by atoms with Gasteiger partial charge in [-0.25, -0.2) is 0 Å². The van der Waals surface area contributed by atoms with Crippen molar-refractivity contribution in [2.24, 2.45) is 5.92 Å². The molecule has 0 radical (unpaired) electrons. The van der Waals surface area contributed by atoms with E-state index in [1.807, 2.05) is 26.0 Å². The van der Waals surface area contributed by atoms with Gasteiger partial charge in [0.05, 0.1) is 16.7 Å². The molecule has 1 fully saturated rings. The van der Waals surface area contributed by atoms with Crippen LogP contribution in [0.4, 0.5) is 5.69 Å². The predicted octanol–water partition coefficient (Wildman–Crippen LogP) is 3.28. The van der Waals surface area contributed by atoms with Crippen LogP contribution in [0.15, 0.2) is 29.2 Å². The van der Waals surface area contributed by atoms with Crippen LogP contribution < -0.4 is 10.6 Å². The van der Waals surface area contributed by atoms with Crippen LogP contribution in [-0.4, -0.2) is 33.7 Å². The maximum atomic E-state index is 12.6. The summed E-state index contributed by atoms with van der Waals surface area (Å²) in [4.78, 5) is 36.1. The quantitative estimate of drug-likeness (QED) is 0.660. The van der Waals surface area contributed by atoms with Gasteiger partial charge in [0.1, 0.15) is 0 Å². The summed E-state index contributed by atoms with van der Waals surface area (Å²) in [5, 5.41) is 14.8. The molecule has 1 aromatic rings. The molecule has 3 atom stereocenters. The predicted molar refractivity (Wildman–Crippen MR) is 102 cm³/mol. The number of hydrogen-bond donors (Lipinski definition) is 3. The number of nitrogens with one attached hydrogen (secondary N) is 2. The Morgan fingerprint density at radius 1 is 1.23 bits per heavy atom. The molecule has 7 heteroatoms. The number of anilines is 1. The normalized spacial score (nSPS) is 23.7. The van der Waals surface area contributed by atoms with Crippen LogP contribution in [0.1, 0.15) is 46.5 Å². The van der Waals surface area contributed by atoms with Gasteiger partial charge in [-0.15, -0.1) is 11.8 Å². The molecule has 0 saturated heterocycles. The second kappa shape index (κ2) is 8.58. The smallest absolute Gasteiger partial charge is 0.308 e. The fraction of sp³-hybridized carbons (Fsp3) is 0.526. The number of carboxylic acid groups (broad SMARTS) is 1. The van der Waals surface area contributed by atoms with E-state index in [0.717, 1.165) is 17.7 Å². The summed E-state index contributed by atoms with van der Waals surface area (Å²) >= 11 is 1.40. The first kappa shape index (κ1) is 20.3. The molecular formula is C19H26N2O4S. The number of carbonyl (C=O) groups is 3. The second-order valence-corrected chi connectivity index (χ2v) is 8.42. The molecule has 3 unspecified atom stereocenters. The molecule has 6 nitrogen and oxygen atoms in total. The lowest BCUT2D eigenvalue weighted by Crippen LogP contribution is -2.56. The average molecular weight is 378 g/mol. The Kier molecular flexibility index (Phi) is 6.69. The summed E-state index contributed by atoms with van der Waals surface area (Å²) in [6.07, 6.45) is 3.08. The van der Waals surface area contributed by atoms with Crippen LogP contribution >= 0.6 is 11.8 Å². The zero-order valence-electron chi connectivity index (χ0n) is 15.4. The first-order chi connectivity index (χ1) is 12.2. The molecular weight excluding hydrogens is 352 g/mol. The second-order valence-electron chi connectivity index (χ2n) is 7.01. The van der Waals surface area contributed by atoms with E-state index in [1.165, 1.54) is 18.7 Å². The number of aliphatic carboxylic acids is 1. The molecule has 0 aromatic heterocycles. The van der Waals surface area contributed by atoms with Gasteiger partial charge in [-0.1, -0.05) is 12.8 Å². The Morgan fingerprint density at radius 3 is 2.46 bits per heavy atom. The summed E-state index contributed by atoms with van der Waals surface area (Å²) in [5.74, 6) is -1.68. The molecule has 1 aliphatic carbocycles. The Labute approximate surface area is 158 Å². The summed E-state index contributed by atoms with van der Waals surface area (Å²) in [6, 6.07) is 7.28. The first-order valence-corrected chi connectivity index (χ1v) is 9.68. The SMILES string of the molecule is CC(=O)Nc1ccc(SC(C)C(=O)NC2(C)CCCCC2C(=O)O)cc1. The lowest BCUT2D eigenvalue weighted by molar-refractivity contribution is -0.146. The van der Waals surface area contributed by atoms with Crippen molar-refractivity contribution in [3.63, 3.8) is 0 Å². The van der Waals surface area contributed by atoms with Crippen LogP contribution in [-0.2, 0) is 14.4 Å². The highest BCUT2D eigenvalue weighted by Crippen LogP contribution is 2.34. The molecule has 2 amide bonds. The minimum atomic E-state index is -0.846. The van der Waals surface area contributed by atoms with Gasteiger partial charge in [0.25, 0.3) is 0 Å². The number of carbonyl (C=O) groups excluding carboxylic acids is 2. The molecule has 3 N–H and O–H groups in total. The van der Waals surface area contributed by atoms with E-state index in [0.29, 0.717) is 18.5 Å². The minimum Gasteiger partial charge on any atom is -0.481 e. The Morgan fingerprint density at radius 2 is 1.88 bits per heavy atom. The molecule has 0 bridgehead atoms. The lowest BCUT2D eigenvalue weighted by atomic mass is 9.74. The van der Waals surface area contributed by atoms with Gasteiger partial charge in [-0.3, -0.25) is 14.4 Å². The van der Waals surface area contributed by atoms with Gasteiger partial charge >= 0.3 is 5.97 Å². The van der Waals surface area contributed by atoms with E-state index in [2.05, 4.69) is 10.6 Å². The topological polar surface area (TPSA) is 95.5 Å². The Bertz CT molecular complexity index is 677. The van der Waals surface area contributed by atoms with Crippen LogP contribution in [0, 0.1) is 5.92 Å². The van der Waals surface area contributed by atoms with Crippen LogP contribution in [0.2, 0.25) is 0 Å². The van der Waals surface area contributed by atoms with Crippen molar-refractivity contribution < 1.29 is 19.5 Å². The van der Waals surface area contributed by atoms with Crippen molar-refractivity contribution in [2.75, 3.05) is 5.32 Å². The summed E-state index contributed by atoms with van der Waals surface area (Å²) in [6.45, 7) is 5.09. The fourth-order valence-corrected chi connectivity index (χ4v) is 4.21. The molecule has 2 rings (SSSR count). The van der Waals surface area contributed by atoms with Gasteiger partial charge in [0.15, 0.2) is 0 Å². The van der Waals surface area contributed by atoms with Crippen molar-refractivity contribution in [3.8, 4) is 0 Å². The summed E-state index contributed by atoms with van der Waals surface area (Å²) in [5.41, 5.74) is 0.00333. The maximum Gasteiger partial charge on any atom is 0.308 e. The number of amides is 2. The third-order valence-corrected chi connectivity index (χ3v) is 5.88. The summed E-state index contributed by atoms with van der Waals surface area (Å²) < 4.78 is 0. The van der Waals surface area contributed by atoms with Crippen LogP contribution in [0.3, 0.4) is 0 Å². The summed E-state index contributed by atoms with van der Waals surface area (Å²) in [7, 11) is 0. The number of hydrogen-bond acceptors (Lipinski definition) is 4. The van der Waals surface area contributed by atoms with Gasteiger partial charge < -0.3 is 15.7 Å². The van der Waals surface area contributed by atoms with Gasteiger partial charge in [-0.05, 0) is 51.0 Å². The third kappa shape index (κ3) is 5.24. The van der Waals surface area contributed by atoms with E-state index in [4.69, 9.17) is 0 Å². The average Bonchev–Trinajstić information content (AvgIpc) is 2.55. The molecule has 0 spiro atoms.